The molecule has 0 aliphatic heterocycles. The fourth-order valence-corrected chi connectivity index (χ4v) is 1.88. The quantitative estimate of drug-likeness (QED) is 0.749. The smallest absolute Gasteiger partial charge is 0.253 e. The first kappa shape index (κ1) is 14.6. The summed E-state index contributed by atoms with van der Waals surface area (Å²) in [5, 5.41) is 0.845. The molecule has 0 saturated carbocycles. The molecule has 0 spiro atoms. The minimum absolute atomic E-state index is 0.0452. The van der Waals surface area contributed by atoms with E-state index in [4.69, 9.17) is 34.8 Å². The second-order valence-corrected chi connectivity index (χ2v) is 4.75. The molecule has 94 valence electrons. The number of amides is 1. The summed E-state index contributed by atoms with van der Waals surface area (Å²) in [7, 11) is 0. The molecule has 0 N–H and O–H groups in total. The minimum atomic E-state index is -0.0452. The van der Waals surface area contributed by atoms with Gasteiger partial charge in [0.05, 0.1) is 10.0 Å². The van der Waals surface area contributed by atoms with Crippen molar-refractivity contribution in [2.75, 3.05) is 19.0 Å². The number of carbonyl (C=O) groups excluding carboxylic acids is 1. The van der Waals surface area contributed by atoms with Gasteiger partial charge in [0.1, 0.15) is 0 Å². The summed E-state index contributed by atoms with van der Waals surface area (Å²) in [5.74, 6) is 0.502. The first-order chi connectivity index (χ1) is 8.10. The predicted molar refractivity (Wildman–Crippen MR) is 73.4 cm³/mol. The Morgan fingerprint density at radius 2 is 2.00 bits per heavy atom. The van der Waals surface area contributed by atoms with E-state index in [1.54, 1.807) is 23.1 Å². The maximum absolute atomic E-state index is 12.1. The van der Waals surface area contributed by atoms with E-state index in [2.05, 4.69) is 0 Å². The highest BCUT2D eigenvalue weighted by molar-refractivity contribution is 6.42. The summed E-state index contributed by atoms with van der Waals surface area (Å²) >= 11 is 17.3. The molecule has 0 aromatic heterocycles. The van der Waals surface area contributed by atoms with Crippen molar-refractivity contribution in [3.63, 3.8) is 0 Å². The Morgan fingerprint density at radius 1 is 1.29 bits per heavy atom. The first-order valence-electron chi connectivity index (χ1n) is 5.40. The zero-order chi connectivity index (χ0) is 12.8. The maximum atomic E-state index is 12.1. The van der Waals surface area contributed by atoms with Crippen LogP contribution in [0, 0.1) is 0 Å². The Hall–Kier alpha value is -0.440. The monoisotopic (exact) mass is 293 g/mol. The van der Waals surface area contributed by atoms with Crippen LogP contribution in [0.15, 0.2) is 18.2 Å². The van der Waals surface area contributed by atoms with Crippen LogP contribution in [0.25, 0.3) is 0 Å². The van der Waals surface area contributed by atoms with Gasteiger partial charge in [-0.3, -0.25) is 4.79 Å². The normalized spacial score (nSPS) is 10.4. The van der Waals surface area contributed by atoms with Crippen molar-refractivity contribution in [1.29, 1.82) is 0 Å². The molecule has 0 saturated heterocycles. The Balaban J connectivity index is 2.82. The summed E-state index contributed by atoms with van der Waals surface area (Å²) in [5.41, 5.74) is 0.552. The third-order valence-corrected chi connectivity index (χ3v) is 3.40. The molecule has 0 heterocycles. The van der Waals surface area contributed by atoms with Crippen molar-refractivity contribution in [2.45, 2.75) is 13.3 Å². The van der Waals surface area contributed by atoms with Crippen LogP contribution < -0.4 is 0 Å². The summed E-state index contributed by atoms with van der Waals surface area (Å²) < 4.78 is 0. The molecule has 5 heteroatoms. The lowest BCUT2D eigenvalue weighted by atomic mass is 10.2. The van der Waals surface area contributed by atoms with Crippen molar-refractivity contribution in [3.05, 3.63) is 33.8 Å². The average molecular weight is 295 g/mol. The van der Waals surface area contributed by atoms with E-state index in [1.807, 2.05) is 6.92 Å². The number of hydrogen-bond donors (Lipinski definition) is 0. The van der Waals surface area contributed by atoms with E-state index in [0.29, 0.717) is 34.6 Å². The second kappa shape index (κ2) is 7.10. The second-order valence-electron chi connectivity index (χ2n) is 3.56. The summed E-state index contributed by atoms with van der Waals surface area (Å²) in [4.78, 5) is 13.9. The fraction of sp³-hybridized carbons (Fsp3) is 0.417. The Bertz CT molecular complexity index is 395. The van der Waals surface area contributed by atoms with Crippen LogP contribution in [0.1, 0.15) is 23.7 Å². The Kier molecular flexibility index (Phi) is 6.10. The van der Waals surface area contributed by atoms with Crippen molar-refractivity contribution >= 4 is 40.7 Å². The zero-order valence-corrected chi connectivity index (χ0v) is 11.8. The number of hydrogen-bond acceptors (Lipinski definition) is 1. The van der Waals surface area contributed by atoms with Crippen LogP contribution in [-0.2, 0) is 0 Å². The molecule has 0 aliphatic rings. The van der Waals surface area contributed by atoms with Gasteiger partial charge in [-0.25, -0.2) is 0 Å². The number of halogens is 3. The molecule has 2 nitrogen and oxygen atoms in total. The van der Waals surface area contributed by atoms with E-state index in [0.717, 1.165) is 6.42 Å². The van der Waals surface area contributed by atoms with Gasteiger partial charge in [-0.15, -0.1) is 11.6 Å². The van der Waals surface area contributed by atoms with Gasteiger partial charge in [0.15, 0.2) is 0 Å². The third-order valence-electron chi connectivity index (χ3n) is 2.40. The molecule has 17 heavy (non-hydrogen) atoms. The first-order valence-corrected chi connectivity index (χ1v) is 6.69. The van der Waals surface area contributed by atoms with Gasteiger partial charge in [0.25, 0.3) is 5.91 Å². The van der Waals surface area contributed by atoms with Gasteiger partial charge in [0.2, 0.25) is 0 Å². The number of alkyl halides is 1. The molecule has 0 aliphatic carbocycles. The minimum Gasteiger partial charge on any atom is -0.339 e. The van der Waals surface area contributed by atoms with Crippen LogP contribution in [0.5, 0.6) is 0 Å². The van der Waals surface area contributed by atoms with Gasteiger partial charge in [-0.05, 0) is 31.5 Å². The van der Waals surface area contributed by atoms with Gasteiger partial charge < -0.3 is 4.90 Å². The lowest BCUT2D eigenvalue weighted by molar-refractivity contribution is 0.0765. The molecule has 1 aromatic rings. The Labute approximate surface area is 116 Å². The molecule has 1 amide bonds. The number of rotatable bonds is 5. The van der Waals surface area contributed by atoms with Gasteiger partial charge >= 0.3 is 0 Å². The summed E-state index contributed by atoms with van der Waals surface area (Å²) in [6.07, 6.45) is 0.780. The van der Waals surface area contributed by atoms with E-state index >= 15 is 0 Å². The highest BCUT2D eigenvalue weighted by atomic mass is 35.5. The van der Waals surface area contributed by atoms with Crippen LogP contribution >= 0.6 is 34.8 Å². The van der Waals surface area contributed by atoms with E-state index in [9.17, 15) is 4.79 Å². The number of carbonyl (C=O) groups is 1. The van der Waals surface area contributed by atoms with Gasteiger partial charge in [-0.2, -0.15) is 0 Å². The molecular formula is C12H14Cl3NO. The number of benzene rings is 1. The molecule has 0 radical (unpaired) electrons. The predicted octanol–water partition coefficient (Wildman–Crippen LogP) is 4.08. The Morgan fingerprint density at radius 3 is 2.53 bits per heavy atom. The van der Waals surface area contributed by atoms with E-state index in [-0.39, 0.29) is 5.91 Å². The van der Waals surface area contributed by atoms with Gasteiger partial charge in [0, 0.05) is 24.5 Å². The van der Waals surface area contributed by atoms with Crippen molar-refractivity contribution in [3.8, 4) is 0 Å². The van der Waals surface area contributed by atoms with Gasteiger partial charge in [-0.1, -0.05) is 23.2 Å². The maximum Gasteiger partial charge on any atom is 0.253 e. The molecule has 0 bridgehead atoms. The molecule has 0 atom stereocenters. The van der Waals surface area contributed by atoms with E-state index in [1.165, 1.54) is 0 Å². The summed E-state index contributed by atoms with van der Waals surface area (Å²) in [6, 6.07) is 4.90. The van der Waals surface area contributed by atoms with Crippen molar-refractivity contribution in [2.24, 2.45) is 0 Å². The zero-order valence-electron chi connectivity index (χ0n) is 9.55. The van der Waals surface area contributed by atoms with Crippen LogP contribution in [-0.4, -0.2) is 29.8 Å². The molecule has 0 unspecified atom stereocenters. The topological polar surface area (TPSA) is 20.3 Å². The van der Waals surface area contributed by atoms with Crippen molar-refractivity contribution < 1.29 is 4.79 Å². The fourth-order valence-electron chi connectivity index (χ4n) is 1.47. The SMILES string of the molecule is CCN(CCCCl)C(=O)c1ccc(Cl)c(Cl)c1. The molecule has 0 fully saturated rings. The van der Waals surface area contributed by atoms with Crippen LogP contribution in [0.4, 0.5) is 0 Å². The highest BCUT2D eigenvalue weighted by Crippen LogP contribution is 2.23. The number of nitrogens with zero attached hydrogens (tertiary/aromatic N) is 1. The average Bonchev–Trinajstić information content (AvgIpc) is 2.33. The van der Waals surface area contributed by atoms with E-state index < -0.39 is 0 Å². The largest absolute Gasteiger partial charge is 0.339 e. The third kappa shape index (κ3) is 4.06. The van der Waals surface area contributed by atoms with Crippen LogP contribution in [0.3, 0.4) is 0 Å². The highest BCUT2D eigenvalue weighted by Gasteiger charge is 2.14. The molecular weight excluding hydrogens is 280 g/mol. The molecule has 1 rings (SSSR count). The standard InChI is InChI=1S/C12H14Cl3NO/c1-2-16(7-3-6-13)12(17)9-4-5-10(14)11(15)8-9/h4-5,8H,2-3,6-7H2,1H3. The lowest BCUT2D eigenvalue weighted by Gasteiger charge is -2.20. The van der Waals surface area contributed by atoms with Crippen LogP contribution in [0.2, 0.25) is 10.0 Å². The lowest BCUT2D eigenvalue weighted by Crippen LogP contribution is -2.31. The summed E-state index contributed by atoms with van der Waals surface area (Å²) in [6.45, 7) is 3.23. The van der Waals surface area contributed by atoms with Crippen molar-refractivity contribution in [1.82, 2.24) is 4.90 Å². The molecule has 1 aromatic carbocycles.